The Labute approximate surface area is 165 Å². The fourth-order valence-corrected chi connectivity index (χ4v) is 5.24. The Morgan fingerprint density at radius 2 is 1.71 bits per heavy atom. The maximum absolute atomic E-state index is 13.0. The number of carbonyl (C=O) groups is 1. The second-order valence-electron chi connectivity index (χ2n) is 6.93. The van der Waals surface area contributed by atoms with Gasteiger partial charge in [-0.1, -0.05) is 18.2 Å². The molecule has 0 saturated carbocycles. The lowest BCUT2D eigenvalue weighted by Gasteiger charge is -2.35. The van der Waals surface area contributed by atoms with Crippen LogP contribution < -0.4 is 4.74 Å². The summed E-state index contributed by atoms with van der Waals surface area (Å²) in [7, 11) is -1.91. The Morgan fingerprint density at radius 3 is 2.25 bits per heavy atom. The van der Waals surface area contributed by atoms with Gasteiger partial charge in [-0.15, -0.1) is 0 Å². The molecule has 2 heterocycles. The first-order chi connectivity index (χ1) is 13.2. The minimum absolute atomic E-state index is 0.144. The minimum atomic E-state index is -3.64. The van der Waals surface area contributed by atoms with Gasteiger partial charge in [-0.05, 0) is 32.9 Å². The molecule has 1 aromatic heterocycles. The quantitative estimate of drug-likeness (QED) is 0.748. The monoisotopic (exact) mass is 406 g/mol. The summed E-state index contributed by atoms with van der Waals surface area (Å²) < 4.78 is 34.8. The Bertz CT molecular complexity index is 948. The van der Waals surface area contributed by atoms with Gasteiger partial charge in [-0.3, -0.25) is 9.48 Å². The van der Waals surface area contributed by atoms with Crippen molar-refractivity contribution in [3.8, 4) is 5.75 Å². The van der Waals surface area contributed by atoms with Crippen molar-refractivity contribution in [3.05, 3.63) is 41.7 Å². The Hall–Kier alpha value is -2.39. The third-order valence-electron chi connectivity index (χ3n) is 4.99. The van der Waals surface area contributed by atoms with Crippen LogP contribution >= 0.6 is 0 Å². The van der Waals surface area contributed by atoms with E-state index in [2.05, 4.69) is 5.10 Å². The van der Waals surface area contributed by atoms with Crippen LogP contribution in [-0.4, -0.2) is 65.6 Å². The average Bonchev–Trinajstić information content (AvgIpc) is 2.94. The molecular formula is C19H26N4O4S. The lowest BCUT2D eigenvalue weighted by molar-refractivity contribution is -0.139. The number of sulfonamides is 1. The van der Waals surface area contributed by atoms with Crippen molar-refractivity contribution in [3.63, 3.8) is 0 Å². The molecule has 1 amide bonds. The lowest BCUT2D eigenvalue weighted by Crippen LogP contribution is -2.53. The molecule has 152 valence electrons. The third kappa shape index (κ3) is 3.90. The van der Waals surface area contributed by atoms with Crippen molar-refractivity contribution in [1.29, 1.82) is 0 Å². The fourth-order valence-electron chi connectivity index (χ4n) is 3.42. The highest BCUT2D eigenvalue weighted by Gasteiger charge is 2.34. The fraction of sp³-hybridized carbons (Fsp3) is 0.474. The molecule has 0 radical (unpaired) electrons. The van der Waals surface area contributed by atoms with Crippen molar-refractivity contribution in [2.75, 3.05) is 26.2 Å². The van der Waals surface area contributed by atoms with E-state index in [9.17, 15) is 13.2 Å². The Kier molecular flexibility index (Phi) is 5.76. The Morgan fingerprint density at radius 1 is 1.11 bits per heavy atom. The zero-order valence-electron chi connectivity index (χ0n) is 16.6. The zero-order valence-corrected chi connectivity index (χ0v) is 17.4. The second kappa shape index (κ2) is 7.92. The van der Waals surface area contributed by atoms with Crippen LogP contribution in [0.4, 0.5) is 0 Å². The van der Waals surface area contributed by atoms with Crippen LogP contribution in [0.5, 0.6) is 5.75 Å². The maximum Gasteiger partial charge on any atom is 0.263 e. The number of nitrogens with zero attached hydrogens (tertiary/aromatic N) is 4. The molecule has 0 bridgehead atoms. The number of benzene rings is 1. The van der Waals surface area contributed by atoms with Crippen LogP contribution in [0.1, 0.15) is 18.3 Å². The van der Waals surface area contributed by atoms with Crippen LogP contribution in [0, 0.1) is 13.8 Å². The molecule has 0 spiro atoms. The summed E-state index contributed by atoms with van der Waals surface area (Å²) >= 11 is 0. The molecule has 28 heavy (non-hydrogen) atoms. The van der Waals surface area contributed by atoms with Crippen LogP contribution in [-0.2, 0) is 21.9 Å². The number of ether oxygens (including phenoxy) is 1. The van der Waals surface area contributed by atoms with Crippen molar-refractivity contribution in [1.82, 2.24) is 19.0 Å². The maximum atomic E-state index is 13.0. The predicted octanol–water partition coefficient (Wildman–Crippen LogP) is 1.34. The topological polar surface area (TPSA) is 84.7 Å². The molecule has 3 rings (SSSR count). The van der Waals surface area contributed by atoms with Gasteiger partial charge in [0.1, 0.15) is 10.6 Å². The predicted molar refractivity (Wildman–Crippen MR) is 105 cm³/mol. The SMILES string of the molecule is Cc1nn(C)c(C)c1S(=O)(=O)N1CCN(C(=O)[C@H](C)Oc2ccccc2)CC1. The minimum Gasteiger partial charge on any atom is -0.481 e. The van der Waals surface area contributed by atoms with E-state index in [4.69, 9.17) is 4.74 Å². The largest absolute Gasteiger partial charge is 0.481 e. The molecule has 0 N–H and O–H groups in total. The number of hydrogen-bond acceptors (Lipinski definition) is 5. The average molecular weight is 407 g/mol. The highest BCUT2D eigenvalue weighted by atomic mass is 32.2. The van der Waals surface area contributed by atoms with Gasteiger partial charge in [0, 0.05) is 33.2 Å². The van der Waals surface area contributed by atoms with Crippen molar-refractivity contribution in [2.24, 2.45) is 7.05 Å². The lowest BCUT2D eigenvalue weighted by atomic mass is 10.3. The highest BCUT2D eigenvalue weighted by Crippen LogP contribution is 2.24. The smallest absolute Gasteiger partial charge is 0.263 e. The molecule has 9 heteroatoms. The molecule has 1 atom stereocenters. The summed E-state index contributed by atoms with van der Waals surface area (Å²) in [4.78, 5) is 14.6. The van der Waals surface area contributed by atoms with E-state index in [1.807, 2.05) is 18.2 Å². The van der Waals surface area contributed by atoms with Gasteiger partial charge in [0.05, 0.1) is 11.4 Å². The summed E-state index contributed by atoms with van der Waals surface area (Å²) in [5, 5.41) is 4.21. The van der Waals surface area contributed by atoms with Crippen molar-refractivity contribution >= 4 is 15.9 Å². The van der Waals surface area contributed by atoms with E-state index < -0.39 is 16.1 Å². The Balaban J connectivity index is 1.64. The number of hydrogen-bond donors (Lipinski definition) is 0. The summed E-state index contributed by atoms with van der Waals surface area (Å²) in [5.74, 6) is 0.488. The number of carbonyl (C=O) groups excluding carboxylic acids is 1. The number of para-hydroxylation sites is 1. The van der Waals surface area contributed by atoms with Gasteiger partial charge >= 0.3 is 0 Å². The normalized spacial score (nSPS) is 16.8. The first kappa shape index (κ1) is 20.3. The van der Waals surface area contributed by atoms with Gasteiger partial charge in [0.25, 0.3) is 5.91 Å². The number of rotatable bonds is 5. The molecule has 1 aliphatic heterocycles. The summed E-state index contributed by atoms with van der Waals surface area (Å²) in [5.41, 5.74) is 1.10. The summed E-state index contributed by atoms with van der Waals surface area (Å²) in [6.45, 7) is 6.32. The molecule has 2 aromatic rings. The summed E-state index contributed by atoms with van der Waals surface area (Å²) in [6.07, 6.45) is -0.631. The van der Waals surface area contributed by atoms with E-state index >= 15 is 0 Å². The summed E-state index contributed by atoms with van der Waals surface area (Å²) in [6, 6.07) is 9.17. The molecule has 0 unspecified atom stereocenters. The van der Waals surface area contributed by atoms with Crippen LogP contribution in [0.15, 0.2) is 35.2 Å². The van der Waals surface area contributed by atoms with Gasteiger partial charge in [-0.2, -0.15) is 9.40 Å². The molecule has 1 aromatic carbocycles. The molecule has 0 aliphatic carbocycles. The molecular weight excluding hydrogens is 380 g/mol. The van der Waals surface area contributed by atoms with Crippen molar-refractivity contribution in [2.45, 2.75) is 31.8 Å². The van der Waals surface area contributed by atoms with Gasteiger partial charge in [0.2, 0.25) is 10.0 Å². The van der Waals surface area contributed by atoms with Crippen LogP contribution in [0.25, 0.3) is 0 Å². The van der Waals surface area contributed by atoms with E-state index in [1.54, 1.807) is 49.5 Å². The zero-order chi connectivity index (χ0) is 20.5. The first-order valence-electron chi connectivity index (χ1n) is 9.22. The number of amides is 1. The second-order valence-corrected chi connectivity index (χ2v) is 8.80. The van der Waals surface area contributed by atoms with Crippen molar-refractivity contribution < 1.29 is 17.9 Å². The van der Waals surface area contributed by atoms with E-state index in [-0.39, 0.29) is 23.9 Å². The van der Waals surface area contributed by atoms with E-state index in [1.165, 1.54) is 4.31 Å². The highest BCUT2D eigenvalue weighted by molar-refractivity contribution is 7.89. The molecule has 1 aliphatic rings. The molecule has 1 saturated heterocycles. The number of aromatic nitrogens is 2. The molecule has 8 nitrogen and oxygen atoms in total. The number of aryl methyl sites for hydroxylation is 2. The molecule has 1 fully saturated rings. The van der Waals surface area contributed by atoms with E-state index in [0.29, 0.717) is 30.2 Å². The van der Waals surface area contributed by atoms with Crippen LogP contribution in [0.3, 0.4) is 0 Å². The van der Waals surface area contributed by atoms with Gasteiger partial charge in [-0.25, -0.2) is 8.42 Å². The standard InChI is InChI=1S/C19H26N4O4S/c1-14-18(15(2)21(4)20-14)28(25,26)23-12-10-22(11-13-23)19(24)16(3)27-17-8-6-5-7-9-17/h5-9,16H,10-13H2,1-4H3/t16-/m0/s1. The first-order valence-corrected chi connectivity index (χ1v) is 10.7. The number of piperazine rings is 1. The van der Waals surface area contributed by atoms with Gasteiger partial charge in [0.15, 0.2) is 6.10 Å². The van der Waals surface area contributed by atoms with Crippen LogP contribution in [0.2, 0.25) is 0 Å². The third-order valence-corrected chi connectivity index (χ3v) is 7.15. The van der Waals surface area contributed by atoms with Gasteiger partial charge < -0.3 is 9.64 Å². The van der Waals surface area contributed by atoms with E-state index in [0.717, 1.165) is 0 Å².